The van der Waals surface area contributed by atoms with Gasteiger partial charge in [-0.3, -0.25) is 0 Å². The van der Waals surface area contributed by atoms with E-state index in [0.29, 0.717) is 5.41 Å². The fraction of sp³-hybridized carbons (Fsp3) is 0.684. The Morgan fingerprint density at radius 2 is 1.86 bits per heavy atom. The molecule has 0 unspecified atom stereocenters. The highest BCUT2D eigenvalue weighted by atomic mass is 16.5. The quantitative estimate of drug-likeness (QED) is 0.731. The van der Waals surface area contributed by atoms with E-state index in [-0.39, 0.29) is 0 Å². The number of hydrogen-bond acceptors (Lipinski definition) is 2. The van der Waals surface area contributed by atoms with Crippen molar-refractivity contribution < 1.29 is 4.74 Å². The summed E-state index contributed by atoms with van der Waals surface area (Å²) in [7, 11) is 1.77. The molecule has 1 fully saturated rings. The van der Waals surface area contributed by atoms with Gasteiger partial charge < -0.3 is 10.1 Å². The first kappa shape index (κ1) is 16.5. The van der Waals surface area contributed by atoms with E-state index in [4.69, 9.17) is 4.74 Å². The molecule has 1 saturated carbocycles. The second-order valence-electron chi connectivity index (χ2n) is 6.89. The van der Waals surface area contributed by atoms with Crippen LogP contribution in [0.25, 0.3) is 0 Å². The van der Waals surface area contributed by atoms with Crippen LogP contribution in [0.1, 0.15) is 49.3 Å². The first-order valence-electron chi connectivity index (χ1n) is 8.38. The van der Waals surface area contributed by atoms with Crippen LogP contribution >= 0.6 is 0 Å². The molecular weight excluding hydrogens is 258 g/mol. The summed E-state index contributed by atoms with van der Waals surface area (Å²) in [5.41, 5.74) is 4.67. The zero-order valence-electron chi connectivity index (χ0n) is 14.2. The molecule has 2 heteroatoms. The summed E-state index contributed by atoms with van der Waals surface area (Å²) in [6.07, 6.45) is 5.36. The Morgan fingerprint density at radius 1 is 1.19 bits per heavy atom. The van der Waals surface area contributed by atoms with Crippen LogP contribution in [0.4, 0.5) is 0 Å². The monoisotopic (exact) mass is 289 g/mol. The lowest BCUT2D eigenvalue weighted by atomic mass is 9.57. The van der Waals surface area contributed by atoms with Crippen molar-refractivity contribution in [1.82, 2.24) is 5.32 Å². The van der Waals surface area contributed by atoms with Gasteiger partial charge in [-0.15, -0.1) is 0 Å². The molecular formula is C19H31NO. The van der Waals surface area contributed by atoms with Crippen LogP contribution < -0.4 is 5.32 Å². The van der Waals surface area contributed by atoms with Gasteiger partial charge in [0.05, 0.1) is 6.61 Å². The topological polar surface area (TPSA) is 21.3 Å². The van der Waals surface area contributed by atoms with E-state index in [0.717, 1.165) is 25.6 Å². The summed E-state index contributed by atoms with van der Waals surface area (Å²) in [5.74, 6) is 0.917. The van der Waals surface area contributed by atoms with Gasteiger partial charge in [-0.25, -0.2) is 0 Å². The summed E-state index contributed by atoms with van der Waals surface area (Å²) in [6.45, 7) is 9.55. The SMILES string of the molecule is CCCC1CC(CNCCOC)(c2cc(C)cc(C)c2)C1. The maximum absolute atomic E-state index is 5.15. The van der Waals surface area contributed by atoms with Crippen LogP contribution in [0.2, 0.25) is 0 Å². The first-order chi connectivity index (χ1) is 10.1. The maximum Gasteiger partial charge on any atom is 0.0587 e. The van der Waals surface area contributed by atoms with E-state index in [1.165, 1.54) is 42.4 Å². The van der Waals surface area contributed by atoms with Gasteiger partial charge in [-0.1, -0.05) is 49.1 Å². The molecule has 0 bridgehead atoms. The Hall–Kier alpha value is -0.860. The minimum atomic E-state index is 0.352. The molecule has 0 amide bonds. The van der Waals surface area contributed by atoms with Crippen molar-refractivity contribution in [3.8, 4) is 0 Å². The van der Waals surface area contributed by atoms with Gasteiger partial charge in [-0.05, 0) is 38.2 Å². The van der Waals surface area contributed by atoms with Crippen LogP contribution in [0.3, 0.4) is 0 Å². The minimum absolute atomic E-state index is 0.352. The van der Waals surface area contributed by atoms with Gasteiger partial charge in [0.25, 0.3) is 0 Å². The largest absolute Gasteiger partial charge is 0.383 e. The summed E-state index contributed by atoms with van der Waals surface area (Å²) in [4.78, 5) is 0. The smallest absolute Gasteiger partial charge is 0.0587 e. The van der Waals surface area contributed by atoms with Crippen molar-refractivity contribution in [3.05, 3.63) is 34.9 Å². The highest BCUT2D eigenvalue weighted by molar-refractivity contribution is 5.36. The maximum atomic E-state index is 5.15. The lowest BCUT2D eigenvalue weighted by molar-refractivity contribution is 0.123. The van der Waals surface area contributed by atoms with E-state index in [1.807, 2.05) is 0 Å². The molecule has 21 heavy (non-hydrogen) atoms. The molecule has 2 nitrogen and oxygen atoms in total. The fourth-order valence-corrected chi connectivity index (χ4v) is 3.92. The van der Waals surface area contributed by atoms with Crippen molar-refractivity contribution in [2.24, 2.45) is 5.92 Å². The van der Waals surface area contributed by atoms with Crippen LogP contribution in [0, 0.1) is 19.8 Å². The molecule has 1 N–H and O–H groups in total. The van der Waals surface area contributed by atoms with Gasteiger partial charge in [-0.2, -0.15) is 0 Å². The number of nitrogens with one attached hydrogen (secondary N) is 1. The molecule has 1 aromatic carbocycles. The molecule has 1 aliphatic rings. The Morgan fingerprint density at radius 3 is 2.43 bits per heavy atom. The van der Waals surface area contributed by atoms with Crippen molar-refractivity contribution in [2.45, 2.75) is 51.9 Å². The third kappa shape index (κ3) is 4.08. The van der Waals surface area contributed by atoms with Crippen LogP contribution in [0.5, 0.6) is 0 Å². The van der Waals surface area contributed by atoms with Crippen molar-refractivity contribution in [1.29, 1.82) is 0 Å². The Balaban J connectivity index is 2.09. The summed E-state index contributed by atoms with van der Waals surface area (Å²) in [5, 5.41) is 3.60. The van der Waals surface area contributed by atoms with Gasteiger partial charge in [0.2, 0.25) is 0 Å². The molecule has 0 radical (unpaired) electrons. The zero-order valence-corrected chi connectivity index (χ0v) is 14.2. The van der Waals surface area contributed by atoms with Crippen molar-refractivity contribution in [2.75, 3.05) is 26.8 Å². The highest BCUT2D eigenvalue weighted by Gasteiger charge is 2.44. The first-order valence-corrected chi connectivity index (χ1v) is 8.38. The van der Waals surface area contributed by atoms with Crippen LogP contribution in [-0.4, -0.2) is 26.8 Å². The zero-order chi connectivity index (χ0) is 15.3. The summed E-state index contributed by atoms with van der Waals surface area (Å²) in [6, 6.07) is 7.07. The number of methoxy groups -OCH3 is 1. The van der Waals surface area contributed by atoms with Crippen LogP contribution in [0.15, 0.2) is 18.2 Å². The predicted molar refractivity (Wildman–Crippen MR) is 90.0 cm³/mol. The van der Waals surface area contributed by atoms with Gasteiger partial charge in [0.15, 0.2) is 0 Å². The third-order valence-electron chi connectivity index (χ3n) is 4.84. The average Bonchev–Trinajstić information content (AvgIpc) is 2.39. The minimum Gasteiger partial charge on any atom is -0.383 e. The highest BCUT2D eigenvalue weighted by Crippen LogP contribution is 2.49. The van der Waals surface area contributed by atoms with Crippen molar-refractivity contribution >= 4 is 0 Å². The van der Waals surface area contributed by atoms with Gasteiger partial charge in [0.1, 0.15) is 0 Å². The van der Waals surface area contributed by atoms with Crippen LogP contribution in [-0.2, 0) is 10.2 Å². The number of aryl methyl sites for hydroxylation is 2. The second-order valence-corrected chi connectivity index (χ2v) is 6.89. The van der Waals surface area contributed by atoms with E-state index in [2.05, 4.69) is 44.3 Å². The molecule has 1 aromatic rings. The second kappa shape index (κ2) is 7.42. The van der Waals surface area contributed by atoms with Gasteiger partial charge >= 0.3 is 0 Å². The molecule has 0 aromatic heterocycles. The molecule has 0 aliphatic heterocycles. The predicted octanol–water partition coefficient (Wildman–Crippen LogP) is 3.99. The van der Waals surface area contributed by atoms with E-state index >= 15 is 0 Å². The molecule has 0 heterocycles. The summed E-state index contributed by atoms with van der Waals surface area (Å²) >= 11 is 0. The standard InChI is InChI=1S/C19H31NO/c1-5-6-17-12-19(13-17,14-20-7-8-21-4)18-10-15(2)9-16(3)11-18/h9-11,17,20H,5-8,12-14H2,1-4H3. The number of rotatable bonds is 8. The summed E-state index contributed by atoms with van der Waals surface area (Å²) < 4.78 is 5.15. The molecule has 0 saturated heterocycles. The fourth-order valence-electron chi connectivity index (χ4n) is 3.92. The third-order valence-corrected chi connectivity index (χ3v) is 4.84. The molecule has 0 atom stereocenters. The normalized spacial score (nSPS) is 24.9. The Bertz CT molecular complexity index is 429. The van der Waals surface area contributed by atoms with Crippen molar-refractivity contribution in [3.63, 3.8) is 0 Å². The number of hydrogen-bond donors (Lipinski definition) is 1. The van der Waals surface area contributed by atoms with E-state index < -0.39 is 0 Å². The van der Waals surface area contributed by atoms with E-state index in [1.54, 1.807) is 7.11 Å². The molecule has 2 rings (SSSR count). The lowest BCUT2D eigenvalue weighted by Gasteiger charge is -2.49. The van der Waals surface area contributed by atoms with E-state index in [9.17, 15) is 0 Å². The Kier molecular flexibility index (Phi) is 5.83. The average molecular weight is 289 g/mol. The lowest BCUT2D eigenvalue weighted by Crippen LogP contribution is -2.49. The van der Waals surface area contributed by atoms with Gasteiger partial charge in [0, 0.05) is 25.6 Å². The molecule has 1 aliphatic carbocycles. The number of benzene rings is 1. The number of ether oxygens (including phenoxy) is 1. The molecule has 118 valence electrons. The molecule has 0 spiro atoms. The Labute approximate surface area is 130 Å².